The summed E-state index contributed by atoms with van der Waals surface area (Å²) in [5, 5.41) is 0. The van der Waals surface area contributed by atoms with Crippen LogP contribution in [0.25, 0.3) is 0 Å². The highest BCUT2D eigenvalue weighted by Crippen LogP contribution is 2.48. The Morgan fingerprint density at radius 1 is 0.938 bits per heavy atom. The summed E-state index contributed by atoms with van der Waals surface area (Å²) in [6.45, 7) is 1.98. The molecular formula is C9H23N2O4P. The van der Waals surface area contributed by atoms with Crippen molar-refractivity contribution < 1.29 is 18.1 Å². The van der Waals surface area contributed by atoms with Crippen molar-refractivity contribution in [2.45, 2.75) is 0 Å². The van der Waals surface area contributed by atoms with Crippen molar-refractivity contribution in [1.82, 2.24) is 9.80 Å². The molecule has 98 valence electrons. The van der Waals surface area contributed by atoms with Crippen molar-refractivity contribution in [1.29, 1.82) is 0 Å². The first kappa shape index (κ1) is 16.0. The summed E-state index contributed by atoms with van der Waals surface area (Å²) < 4.78 is 26.9. The molecule has 16 heavy (non-hydrogen) atoms. The van der Waals surface area contributed by atoms with Crippen LogP contribution in [0.3, 0.4) is 0 Å². The Morgan fingerprint density at radius 3 is 1.56 bits per heavy atom. The molecule has 0 saturated carbocycles. The first-order chi connectivity index (χ1) is 7.39. The van der Waals surface area contributed by atoms with Crippen LogP contribution in [0, 0.1) is 0 Å². The normalized spacial score (nSPS) is 12.7. The quantitative estimate of drug-likeness (QED) is 0.570. The molecule has 0 saturated heterocycles. The highest BCUT2D eigenvalue weighted by molar-refractivity contribution is 7.48. The number of hydrogen-bond donors (Lipinski definition) is 0. The molecule has 0 fully saturated rings. The lowest BCUT2D eigenvalue weighted by Gasteiger charge is -2.18. The van der Waals surface area contributed by atoms with Crippen LogP contribution in [-0.4, -0.2) is 71.4 Å². The lowest BCUT2D eigenvalue weighted by atomic mass is 10.6. The summed E-state index contributed by atoms with van der Waals surface area (Å²) >= 11 is 0. The first-order valence-electron chi connectivity index (χ1n) is 5.14. The standard InChI is InChI=1S/C9H23N2O4P/c1-10(2)6-8-14-16(12,13-5)15-9-7-11(3)4/h6-9H2,1-5H3. The largest absolute Gasteiger partial charge is 0.474 e. The Kier molecular flexibility index (Phi) is 8.18. The number of phosphoric ester groups is 1. The minimum atomic E-state index is -3.37. The van der Waals surface area contributed by atoms with Crippen LogP contribution in [0.2, 0.25) is 0 Å². The molecule has 0 heterocycles. The molecule has 0 N–H and O–H groups in total. The second-order valence-electron chi connectivity index (χ2n) is 3.90. The number of rotatable bonds is 9. The SMILES string of the molecule is COP(=O)(OCCN(C)C)OCCN(C)C. The molecule has 0 aliphatic heterocycles. The van der Waals surface area contributed by atoms with E-state index in [1.165, 1.54) is 7.11 Å². The van der Waals surface area contributed by atoms with E-state index in [2.05, 4.69) is 0 Å². The minimum Gasteiger partial charge on any atom is -0.307 e. The van der Waals surface area contributed by atoms with Gasteiger partial charge in [-0.1, -0.05) is 0 Å². The molecule has 0 aliphatic carbocycles. The average molecular weight is 254 g/mol. The van der Waals surface area contributed by atoms with Crippen molar-refractivity contribution in [2.75, 3.05) is 61.6 Å². The van der Waals surface area contributed by atoms with Gasteiger partial charge in [-0.3, -0.25) is 13.6 Å². The fourth-order valence-electron chi connectivity index (χ4n) is 0.813. The van der Waals surface area contributed by atoms with Crippen LogP contribution in [-0.2, 0) is 18.1 Å². The van der Waals surface area contributed by atoms with Gasteiger partial charge in [0.1, 0.15) is 0 Å². The molecule has 0 aromatic heterocycles. The van der Waals surface area contributed by atoms with Gasteiger partial charge in [-0.05, 0) is 28.2 Å². The van der Waals surface area contributed by atoms with Gasteiger partial charge >= 0.3 is 7.82 Å². The Labute approximate surface area is 98.1 Å². The van der Waals surface area contributed by atoms with Crippen molar-refractivity contribution in [3.8, 4) is 0 Å². The van der Waals surface area contributed by atoms with Crippen LogP contribution < -0.4 is 0 Å². The summed E-state index contributed by atoms with van der Waals surface area (Å²) in [5.41, 5.74) is 0. The van der Waals surface area contributed by atoms with Gasteiger partial charge in [0.15, 0.2) is 0 Å². The molecule has 0 atom stereocenters. The molecule has 6 nitrogen and oxygen atoms in total. The lowest BCUT2D eigenvalue weighted by Crippen LogP contribution is -2.20. The zero-order chi connectivity index (χ0) is 12.6. The molecule has 0 aromatic rings. The van der Waals surface area contributed by atoms with Gasteiger partial charge in [-0.2, -0.15) is 0 Å². The minimum absolute atomic E-state index is 0.320. The molecular weight excluding hydrogens is 231 g/mol. The Balaban J connectivity index is 3.86. The van der Waals surface area contributed by atoms with Crippen LogP contribution in [0.1, 0.15) is 0 Å². The highest BCUT2D eigenvalue weighted by Gasteiger charge is 2.24. The van der Waals surface area contributed by atoms with Gasteiger partial charge < -0.3 is 9.80 Å². The smallest absolute Gasteiger partial charge is 0.307 e. The van der Waals surface area contributed by atoms with Gasteiger partial charge in [-0.15, -0.1) is 0 Å². The predicted octanol–water partition coefficient (Wildman–Crippen LogP) is 0.897. The molecule has 7 heteroatoms. The maximum atomic E-state index is 11.8. The summed E-state index contributed by atoms with van der Waals surface area (Å²) in [7, 11) is 5.60. The van der Waals surface area contributed by atoms with E-state index in [0.29, 0.717) is 26.3 Å². The summed E-state index contributed by atoms with van der Waals surface area (Å²) in [6.07, 6.45) is 0. The van der Waals surface area contributed by atoms with Crippen molar-refractivity contribution in [2.24, 2.45) is 0 Å². The predicted molar refractivity (Wildman–Crippen MR) is 63.6 cm³/mol. The number of phosphoric acid groups is 1. The maximum Gasteiger partial charge on any atom is 0.474 e. The Bertz CT molecular complexity index is 206. The van der Waals surface area contributed by atoms with E-state index in [9.17, 15) is 4.57 Å². The van der Waals surface area contributed by atoms with Crippen LogP contribution in [0.5, 0.6) is 0 Å². The third kappa shape index (κ3) is 8.21. The van der Waals surface area contributed by atoms with E-state index in [-0.39, 0.29) is 0 Å². The zero-order valence-electron chi connectivity index (χ0n) is 10.8. The second-order valence-corrected chi connectivity index (χ2v) is 5.68. The molecule has 0 radical (unpaired) electrons. The van der Waals surface area contributed by atoms with E-state index in [0.717, 1.165) is 0 Å². The lowest BCUT2D eigenvalue weighted by molar-refractivity contribution is 0.117. The first-order valence-corrected chi connectivity index (χ1v) is 6.60. The molecule has 0 amide bonds. The van der Waals surface area contributed by atoms with Crippen molar-refractivity contribution in [3.63, 3.8) is 0 Å². The van der Waals surface area contributed by atoms with E-state index in [4.69, 9.17) is 13.6 Å². The maximum absolute atomic E-state index is 11.8. The molecule has 0 spiro atoms. The number of nitrogens with zero attached hydrogens (tertiary/aromatic N) is 2. The van der Waals surface area contributed by atoms with Crippen LogP contribution in [0.4, 0.5) is 0 Å². The molecule has 0 rings (SSSR count). The van der Waals surface area contributed by atoms with E-state index >= 15 is 0 Å². The molecule has 0 unspecified atom stereocenters. The van der Waals surface area contributed by atoms with Gasteiger partial charge in [0.05, 0.1) is 13.2 Å². The van der Waals surface area contributed by atoms with Gasteiger partial charge in [0.25, 0.3) is 0 Å². The summed E-state index contributed by atoms with van der Waals surface area (Å²) in [4.78, 5) is 3.86. The molecule has 0 aliphatic rings. The Morgan fingerprint density at radius 2 is 1.31 bits per heavy atom. The third-order valence-electron chi connectivity index (χ3n) is 1.80. The van der Waals surface area contributed by atoms with Crippen molar-refractivity contribution in [3.05, 3.63) is 0 Å². The van der Waals surface area contributed by atoms with E-state index in [1.807, 2.05) is 38.0 Å². The zero-order valence-corrected chi connectivity index (χ0v) is 11.7. The average Bonchev–Trinajstić information content (AvgIpc) is 2.16. The second kappa shape index (κ2) is 8.17. The fraction of sp³-hybridized carbons (Fsp3) is 1.00. The van der Waals surface area contributed by atoms with Gasteiger partial charge in [-0.25, -0.2) is 4.57 Å². The summed E-state index contributed by atoms with van der Waals surface area (Å²) in [6, 6.07) is 0. The van der Waals surface area contributed by atoms with Crippen molar-refractivity contribution >= 4 is 7.82 Å². The van der Waals surface area contributed by atoms with Gasteiger partial charge in [0.2, 0.25) is 0 Å². The summed E-state index contributed by atoms with van der Waals surface area (Å²) in [5.74, 6) is 0. The fourth-order valence-corrected chi connectivity index (χ4v) is 1.71. The third-order valence-corrected chi connectivity index (χ3v) is 3.24. The van der Waals surface area contributed by atoms with E-state index in [1.54, 1.807) is 0 Å². The molecule has 0 aromatic carbocycles. The topological polar surface area (TPSA) is 51.2 Å². The van der Waals surface area contributed by atoms with Crippen LogP contribution >= 0.6 is 7.82 Å². The number of likely N-dealkylation sites (N-methyl/N-ethyl adjacent to an activating group) is 2. The molecule has 0 bridgehead atoms. The highest BCUT2D eigenvalue weighted by atomic mass is 31.2. The monoisotopic (exact) mass is 254 g/mol. The number of hydrogen-bond acceptors (Lipinski definition) is 6. The van der Waals surface area contributed by atoms with Crippen LogP contribution in [0.15, 0.2) is 0 Å². The Hall–Kier alpha value is 0.0300. The van der Waals surface area contributed by atoms with E-state index < -0.39 is 7.82 Å². The van der Waals surface area contributed by atoms with Gasteiger partial charge in [0, 0.05) is 20.2 Å².